The maximum absolute atomic E-state index is 12.0. The van der Waals surface area contributed by atoms with Gasteiger partial charge >= 0.3 is 0 Å². The summed E-state index contributed by atoms with van der Waals surface area (Å²) in [4.78, 5) is 20.6. The second-order valence-corrected chi connectivity index (χ2v) is 7.40. The van der Waals surface area contributed by atoms with Gasteiger partial charge in [0.1, 0.15) is 6.54 Å². The van der Waals surface area contributed by atoms with Gasteiger partial charge in [-0.05, 0) is 24.8 Å². The van der Waals surface area contributed by atoms with Crippen LogP contribution in [0.25, 0.3) is 0 Å². The van der Waals surface area contributed by atoms with E-state index in [2.05, 4.69) is 45.5 Å². The molecular weight excluding hydrogens is 439 g/mol. The van der Waals surface area contributed by atoms with Gasteiger partial charge in [-0.15, -0.1) is 24.0 Å². The first-order chi connectivity index (χ1) is 12.1. The van der Waals surface area contributed by atoms with Gasteiger partial charge in [0.15, 0.2) is 5.96 Å². The van der Waals surface area contributed by atoms with E-state index in [4.69, 9.17) is 0 Å². The topological polar surface area (TPSA) is 47.9 Å². The summed E-state index contributed by atoms with van der Waals surface area (Å²) in [6.45, 7) is 2.18. The molecule has 0 aromatic heterocycles. The number of rotatable bonds is 4. The zero-order valence-corrected chi connectivity index (χ0v) is 18.2. The maximum Gasteiger partial charge on any atom is 0.243 e. The fourth-order valence-electron chi connectivity index (χ4n) is 3.72. The van der Waals surface area contributed by atoms with Crippen molar-refractivity contribution < 1.29 is 4.79 Å². The van der Waals surface area contributed by atoms with Gasteiger partial charge < -0.3 is 15.1 Å². The summed E-state index contributed by atoms with van der Waals surface area (Å²) in [5, 5.41) is 3.63. The molecule has 0 radical (unpaired) electrons. The predicted octanol–water partition coefficient (Wildman–Crippen LogP) is 3.07. The number of carbonyl (C=O) groups excluding carboxylic acids is 1. The molecule has 1 aromatic carbocycles. The molecule has 1 N–H and O–H groups in total. The smallest absolute Gasteiger partial charge is 0.243 e. The van der Waals surface area contributed by atoms with E-state index in [1.807, 2.05) is 0 Å². The summed E-state index contributed by atoms with van der Waals surface area (Å²) in [5.41, 5.74) is 1.40. The molecule has 144 valence electrons. The first kappa shape index (κ1) is 21.0. The monoisotopic (exact) mass is 470 g/mol. The predicted molar refractivity (Wildman–Crippen MR) is 117 cm³/mol. The van der Waals surface area contributed by atoms with E-state index in [-0.39, 0.29) is 36.4 Å². The zero-order valence-electron chi connectivity index (χ0n) is 15.9. The lowest BCUT2D eigenvalue weighted by atomic mass is 9.99. The summed E-state index contributed by atoms with van der Waals surface area (Å²) in [6.07, 6.45) is 6.12. The van der Waals surface area contributed by atoms with Crippen molar-refractivity contribution in [2.45, 2.75) is 44.1 Å². The molecule has 1 unspecified atom stereocenters. The molecule has 1 atom stereocenters. The summed E-state index contributed by atoms with van der Waals surface area (Å²) in [5.74, 6) is 1.51. The maximum atomic E-state index is 12.0. The molecule has 1 aliphatic heterocycles. The number of nitrogens with zero attached hydrogens (tertiary/aromatic N) is 3. The Hall–Kier alpha value is -1.31. The van der Waals surface area contributed by atoms with E-state index in [1.54, 1.807) is 19.0 Å². The van der Waals surface area contributed by atoms with E-state index in [0.717, 1.165) is 25.5 Å². The molecule has 0 bridgehead atoms. The van der Waals surface area contributed by atoms with E-state index in [9.17, 15) is 4.79 Å². The van der Waals surface area contributed by atoms with E-state index in [0.29, 0.717) is 12.0 Å². The van der Waals surface area contributed by atoms with Crippen LogP contribution in [-0.4, -0.2) is 61.4 Å². The number of hydrogen-bond acceptors (Lipinski definition) is 2. The molecule has 5 nitrogen and oxygen atoms in total. The molecule has 0 spiro atoms. The van der Waals surface area contributed by atoms with Crippen molar-refractivity contribution in [1.29, 1.82) is 0 Å². The molecule has 1 aromatic rings. The number of likely N-dealkylation sites (N-methyl/N-ethyl adjacent to an activating group) is 1. The fraction of sp³-hybridized carbons (Fsp3) is 0.600. The van der Waals surface area contributed by atoms with Gasteiger partial charge in [0.05, 0.1) is 0 Å². The highest BCUT2D eigenvalue weighted by Gasteiger charge is 2.28. The molecule has 1 saturated carbocycles. The SMILES string of the molecule is CN(C)C(=O)CN=C(NC1CCCC1)N1CCC(c2ccccc2)C1.I. The van der Waals surface area contributed by atoms with Crippen LogP contribution < -0.4 is 5.32 Å². The molecule has 2 aliphatic rings. The lowest BCUT2D eigenvalue weighted by Gasteiger charge is -2.25. The molecule has 1 heterocycles. The average Bonchev–Trinajstić information content (AvgIpc) is 3.30. The molecule has 2 fully saturated rings. The largest absolute Gasteiger partial charge is 0.353 e. The Labute approximate surface area is 174 Å². The Bertz CT molecular complexity index is 599. The standard InChI is InChI=1S/C20H30N4O.HI/c1-23(2)19(25)14-21-20(22-18-10-6-7-11-18)24-13-12-17(15-24)16-8-4-3-5-9-16;/h3-5,8-9,17-18H,6-7,10-15H2,1-2H3,(H,21,22);1H. The van der Waals surface area contributed by atoms with Gasteiger partial charge in [-0.1, -0.05) is 43.2 Å². The van der Waals surface area contributed by atoms with Crippen LogP contribution in [0.5, 0.6) is 0 Å². The van der Waals surface area contributed by atoms with Crippen LogP contribution in [0.1, 0.15) is 43.6 Å². The van der Waals surface area contributed by atoms with Crippen LogP contribution >= 0.6 is 24.0 Å². The highest BCUT2D eigenvalue weighted by molar-refractivity contribution is 14.0. The lowest BCUT2D eigenvalue weighted by molar-refractivity contribution is -0.127. The highest BCUT2D eigenvalue weighted by Crippen LogP contribution is 2.27. The van der Waals surface area contributed by atoms with Crippen LogP contribution in [0.15, 0.2) is 35.3 Å². The Balaban J connectivity index is 0.00000243. The average molecular weight is 470 g/mol. The van der Waals surface area contributed by atoms with Gasteiger partial charge in [-0.25, -0.2) is 4.99 Å². The number of benzene rings is 1. The second-order valence-electron chi connectivity index (χ2n) is 7.40. The Morgan fingerprint density at radius 1 is 1.19 bits per heavy atom. The minimum Gasteiger partial charge on any atom is -0.353 e. The normalized spacial score (nSPS) is 20.8. The van der Waals surface area contributed by atoms with Gasteiger partial charge in [0.25, 0.3) is 0 Å². The molecular formula is C20H31IN4O. The third kappa shape index (κ3) is 5.59. The van der Waals surface area contributed by atoms with Crippen molar-refractivity contribution in [1.82, 2.24) is 15.1 Å². The van der Waals surface area contributed by atoms with Crippen LogP contribution in [0, 0.1) is 0 Å². The number of aliphatic imine (C=N–C) groups is 1. The van der Waals surface area contributed by atoms with Crippen molar-refractivity contribution in [3.05, 3.63) is 35.9 Å². The molecule has 1 amide bonds. The number of hydrogen-bond donors (Lipinski definition) is 1. The summed E-state index contributed by atoms with van der Waals surface area (Å²) in [7, 11) is 3.56. The number of amides is 1. The van der Waals surface area contributed by atoms with E-state index >= 15 is 0 Å². The zero-order chi connectivity index (χ0) is 17.6. The Morgan fingerprint density at radius 2 is 1.88 bits per heavy atom. The first-order valence-corrected chi connectivity index (χ1v) is 9.44. The number of likely N-dealkylation sites (tertiary alicyclic amines) is 1. The van der Waals surface area contributed by atoms with Gasteiger partial charge in [-0.2, -0.15) is 0 Å². The quantitative estimate of drug-likeness (QED) is 0.418. The molecule has 1 saturated heterocycles. The van der Waals surface area contributed by atoms with Crippen molar-refractivity contribution in [3.63, 3.8) is 0 Å². The molecule has 6 heteroatoms. The molecule has 1 aliphatic carbocycles. The van der Waals surface area contributed by atoms with Gasteiger partial charge in [-0.3, -0.25) is 4.79 Å². The van der Waals surface area contributed by atoms with Gasteiger partial charge in [0.2, 0.25) is 5.91 Å². The number of nitrogens with one attached hydrogen (secondary N) is 1. The fourth-order valence-corrected chi connectivity index (χ4v) is 3.72. The van der Waals surface area contributed by atoms with Crippen molar-refractivity contribution in [3.8, 4) is 0 Å². The Kier molecular flexibility index (Phi) is 8.18. The number of guanidine groups is 1. The number of carbonyl (C=O) groups is 1. The lowest BCUT2D eigenvalue weighted by Crippen LogP contribution is -2.45. The van der Waals surface area contributed by atoms with Crippen LogP contribution in [0.3, 0.4) is 0 Å². The van der Waals surface area contributed by atoms with Crippen molar-refractivity contribution in [2.75, 3.05) is 33.7 Å². The summed E-state index contributed by atoms with van der Waals surface area (Å²) < 4.78 is 0. The summed E-state index contributed by atoms with van der Waals surface area (Å²) >= 11 is 0. The van der Waals surface area contributed by atoms with Crippen LogP contribution in [-0.2, 0) is 4.79 Å². The van der Waals surface area contributed by atoms with Crippen LogP contribution in [0.2, 0.25) is 0 Å². The Morgan fingerprint density at radius 3 is 2.54 bits per heavy atom. The van der Waals surface area contributed by atoms with E-state index < -0.39 is 0 Å². The first-order valence-electron chi connectivity index (χ1n) is 9.44. The van der Waals surface area contributed by atoms with Gasteiger partial charge in [0, 0.05) is 39.1 Å². The third-order valence-electron chi connectivity index (χ3n) is 5.31. The van der Waals surface area contributed by atoms with Crippen molar-refractivity contribution >= 4 is 35.8 Å². The molecule has 3 rings (SSSR count). The highest BCUT2D eigenvalue weighted by atomic mass is 127. The minimum atomic E-state index is 0. The second kappa shape index (κ2) is 10.1. The minimum absolute atomic E-state index is 0. The van der Waals surface area contributed by atoms with E-state index in [1.165, 1.54) is 31.2 Å². The van der Waals surface area contributed by atoms with Crippen LogP contribution in [0.4, 0.5) is 0 Å². The van der Waals surface area contributed by atoms with Crippen molar-refractivity contribution in [2.24, 2.45) is 4.99 Å². The third-order valence-corrected chi connectivity index (χ3v) is 5.31. The summed E-state index contributed by atoms with van der Waals surface area (Å²) in [6, 6.07) is 11.2. The molecule has 26 heavy (non-hydrogen) atoms. The number of halogens is 1.